The molecule has 2 atom stereocenters. The van der Waals surface area contributed by atoms with Crippen molar-refractivity contribution in [3.05, 3.63) is 72.3 Å². The monoisotopic (exact) mass is 560 g/mol. The highest BCUT2D eigenvalue weighted by Gasteiger charge is 2.38. The molecule has 0 spiro atoms. The number of nitrogens with zero attached hydrogens (tertiary/aromatic N) is 2. The van der Waals surface area contributed by atoms with Gasteiger partial charge in [-0.15, -0.1) is 0 Å². The summed E-state index contributed by atoms with van der Waals surface area (Å²) in [6.45, 7) is -1.15. The summed E-state index contributed by atoms with van der Waals surface area (Å²) in [5.41, 5.74) is 0.828. The van der Waals surface area contributed by atoms with Crippen LogP contribution < -0.4 is 20.4 Å². The molecule has 41 heavy (non-hydrogen) atoms. The van der Waals surface area contributed by atoms with Crippen molar-refractivity contribution in [2.45, 2.75) is 18.5 Å². The number of rotatable bonds is 10. The van der Waals surface area contributed by atoms with Crippen LogP contribution in [0.3, 0.4) is 0 Å². The summed E-state index contributed by atoms with van der Waals surface area (Å²) in [6.07, 6.45) is -0.342. The summed E-state index contributed by atoms with van der Waals surface area (Å²) in [4.78, 5) is 78.2. The van der Waals surface area contributed by atoms with Crippen molar-refractivity contribution in [2.75, 3.05) is 36.6 Å². The van der Waals surface area contributed by atoms with E-state index in [1.165, 1.54) is 18.1 Å². The Morgan fingerprint density at radius 3 is 2.41 bits per heavy atom. The summed E-state index contributed by atoms with van der Waals surface area (Å²) >= 11 is 0. The van der Waals surface area contributed by atoms with Crippen molar-refractivity contribution in [2.24, 2.45) is 0 Å². The zero-order valence-corrected chi connectivity index (χ0v) is 22.1. The van der Waals surface area contributed by atoms with E-state index in [0.29, 0.717) is 22.9 Å². The third-order valence-electron chi connectivity index (χ3n) is 6.51. The van der Waals surface area contributed by atoms with Crippen LogP contribution in [0.2, 0.25) is 0 Å². The van der Waals surface area contributed by atoms with E-state index in [9.17, 15) is 28.8 Å². The Morgan fingerprint density at radius 1 is 1.02 bits per heavy atom. The van der Waals surface area contributed by atoms with Crippen LogP contribution in [-0.2, 0) is 28.7 Å². The van der Waals surface area contributed by atoms with Gasteiger partial charge in [-0.05, 0) is 29.0 Å². The number of carbonyl (C=O) groups is 6. The average Bonchev–Trinajstić information content (AvgIpc) is 3.07. The maximum Gasteiger partial charge on any atom is 0.305 e. The number of anilines is 2. The molecule has 12 nitrogen and oxygen atoms in total. The van der Waals surface area contributed by atoms with Gasteiger partial charge < -0.3 is 30.2 Å². The van der Waals surface area contributed by atoms with Crippen molar-refractivity contribution >= 4 is 58.0 Å². The molecule has 0 aromatic heterocycles. The number of carboxylic acids is 1. The highest BCUT2D eigenvalue weighted by molar-refractivity contribution is 6.13. The van der Waals surface area contributed by atoms with Gasteiger partial charge in [0.05, 0.1) is 30.4 Å². The summed E-state index contributed by atoms with van der Waals surface area (Å²) in [6, 6.07) is 16.3. The fourth-order valence-corrected chi connectivity index (χ4v) is 4.67. The van der Waals surface area contributed by atoms with Crippen LogP contribution in [0.4, 0.5) is 11.4 Å². The van der Waals surface area contributed by atoms with Gasteiger partial charge in [-0.2, -0.15) is 0 Å². The van der Waals surface area contributed by atoms with Crippen LogP contribution in [0, 0.1) is 0 Å². The Morgan fingerprint density at radius 2 is 1.71 bits per heavy atom. The third kappa shape index (κ3) is 6.56. The maximum atomic E-state index is 13.9. The van der Waals surface area contributed by atoms with Crippen LogP contribution in [0.1, 0.15) is 16.8 Å². The Hall–Kier alpha value is -5.10. The van der Waals surface area contributed by atoms with Crippen LogP contribution in [0.15, 0.2) is 66.7 Å². The van der Waals surface area contributed by atoms with Gasteiger partial charge in [0.15, 0.2) is 0 Å². The second-order valence-corrected chi connectivity index (χ2v) is 9.31. The van der Waals surface area contributed by atoms with Crippen LogP contribution in [0.5, 0.6) is 0 Å². The van der Waals surface area contributed by atoms with Gasteiger partial charge in [0.2, 0.25) is 5.91 Å². The molecule has 12 heteroatoms. The minimum atomic E-state index is -1.31. The molecule has 212 valence electrons. The largest absolute Gasteiger partial charge is 0.481 e. The second kappa shape index (κ2) is 12.8. The smallest absolute Gasteiger partial charge is 0.305 e. The van der Waals surface area contributed by atoms with Gasteiger partial charge in [0.25, 0.3) is 17.7 Å². The maximum absolute atomic E-state index is 13.9. The fraction of sp³-hybridized carbons (Fsp3) is 0.241. The van der Waals surface area contributed by atoms with Gasteiger partial charge in [0.1, 0.15) is 25.5 Å². The van der Waals surface area contributed by atoms with E-state index in [4.69, 9.17) is 9.84 Å². The van der Waals surface area contributed by atoms with Gasteiger partial charge in [-0.25, -0.2) is 0 Å². The molecule has 4 amide bonds. The van der Waals surface area contributed by atoms with E-state index in [1.54, 1.807) is 42.5 Å². The standard InChI is InChI=1S/C29H28N4O8/c1-41-17-26(36)32-14-22(31-28(39)21-10-6-8-18-7-2-3-9-20(18)21)29(40)33(24-12-5-4-11-23(24)32)15-25(35)30-19(16-34)13-27(37)38/h2-12,16,19,22H,13-15,17H2,1H3,(H,30,35)(H,31,39)(H,37,38)/t19?,22-/m0/s1. The topological polar surface area (TPSA) is 162 Å². The number of ether oxygens (including phenoxy) is 1. The Balaban J connectivity index is 1.70. The first-order valence-corrected chi connectivity index (χ1v) is 12.7. The normalized spacial score (nSPS) is 15.4. The number of nitrogens with one attached hydrogen (secondary N) is 2. The molecule has 1 aliphatic rings. The van der Waals surface area contributed by atoms with E-state index in [2.05, 4.69) is 10.6 Å². The zero-order chi connectivity index (χ0) is 29.5. The van der Waals surface area contributed by atoms with Crippen LogP contribution >= 0.6 is 0 Å². The van der Waals surface area contributed by atoms with Crippen molar-refractivity contribution < 1.29 is 38.6 Å². The average molecular weight is 561 g/mol. The highest BCUT2D eigenvalue weighted by atomic mass is 16.5. The molecule has 4 rings (SSSR count). The molecular weight excluding hydrogens is 532 g/mol. The van der Waals surface area contributed by atoms with Crippen molar-refractivity contribution in [3.63, 3.8) is 0 Å². The molecule has 1 heterocycles. The van der Waals surface area contributed by atoms with E-state index in [1.807, 2.05) is 18.2 Å². The minimum Gasteiger partial charge on any atom is -0.481 e. The van der Waals surface area contributed by atoms with E-state index in [-0.39, 0.29) is 18.8 Å². The van der Waals surface area contributed by atoms with Gasteiger partial charge in [0, 0.05) is 12.7 Å². The molecule has 3 aromatic carbocycles. The number of hydrogen-bond donors (Lipinski definition) is 3. The van der Waals surface area contributed by atoms with Gasteiger partial charge in [-0.3, -0.25) is 28.9 Å². The lowest BCUT2D eigenvalue weighted by molar-refractivity contribution is -0.139. The molecule has 1 aliphatic heterocycles. The highest BCUT2D eigenvalue weighted by Crippen LogP contribution is 2.33. The Kier molecular flexibility index (Phi) is 9.05. The molecule has 0 saturated carbocycles. The lowest BCUT2D eigenvalue weighted by Gasteiger charge is -2.25. The van der Waals surface area contributed by atoms with E-state index >= 15 is 0 Å². The molecular formula is C29H28N4O8. The van der Waals surface area contributed by atoms with Crippen LogP contribution in [0.25, 0.3) is 10.8 Å². The lowest BCUT2D eigenvalue weighted by atomic mass is 10.0. The number of amides is 4. The van der Waals surface area contributed by atoms with Gasteiger partial charge in [-0.1, -0.05) is 48.5 Å². The predicted octanol–water partition coefficient (Wildman–Crippen LogP) is 1.12. The summed E-state index contributed by atoms with van der Waals surface area (Å²) in [7, 11) is 1.35. The van der Waals surface area contributed by atoms with Crippen molar-refractivity contribution in [3.8, 4) is 0 Å². The van der Waals surface area contributed by atoms with Crippen molar-refractivity contribution in [1.82, 2.24) is 10.6 Å². The summed E-state index contributed by atoms with van der Waals surface area (Å²) in [5.74, 6) is -3.82. The first-order chi connectivity index (χ1) is 19.7. The molecule has 0 bridgehead atoms. The molecule has 0 fully saturated rings. The molecule has 3 aromatic rings. The first kappa shape index (κ1) is 28.9. The SMILES string of the molecule is COCC(=O)N1C[C@H](NC(=O)c2cccc3ccccc23)C(=O)N(CC(=O)NC(C=O)CC(=O)O)c2ccccc21. The number of benzene rings is 3. The number of aliphatic carboxylic acids is 1. The van der Waals surface area contributed by atoms with Crippen molar-refractivity contribution in [1.29, 1.82) is 0 Å². The fourth-order valence-electron chi connectivity index (χ4n) is 4.67. The third-order valence-corrected chi connectivity index (χ3v) is 6.51. The number of methoxy groups -OCH3 is 1. The summed E-state index contributed by atoms with van der Waals surface area (Å²) < 4.78 is 5.03. The number of carbonyl (C=O) groups excluding carboxylic acids is 5. The number of fused-ring (bicyclic) bond motifs is 2. The first-order valence-electron chi connectivity index (χ1n) is 12.7. The number of aldehydes is 1. The molecule has 3 N–H and O–H groups in total. The molecule has 1 unspecified atom stereocenters. The Bertz CT molecular complexity index is 1500. The van der Waals surface area contributed by atoms with Gasteiger partial charge >= 0.3 is 5.97 Å². The lowest BCUT2D eigenvalue weighted by Crippen LogP contribution is -2.55. The Labute approximate surface area is 234 Å². The van der Waals surface area contributed by atoms with E-state index in [0.717, 1.165) is 10.3 Å². The van der Waals surface area contributed by atoms with Crippen LogP contribution in [-0.4, -0.2) is 79.9 Å². The second-order valence-electron chi connectivity index (χ2n) is 9.31. The molecule has 0 saturated heterocycles. The number of hydrogen-bond acceptors (Lipinski definition) is 7. The van der Waals surface area contributed by atoms with E-state index < -0.39 is 54.6 Å². The zero-order valence-electron chi connectivity index (χ0n) is 22.1. The number of para-hydroxylation sites is 2. The predicted molar refractivity (Wildman–Crippen MR) is 148 cm³/mol. The molecule has 0 radical (unpaired) electrons. The molecule has 0 aliphatic carbocycles. The summed E-state index contributed by atoms with van der Waals surface area (Å²) in [5, 5.41) is 15.5. The minimum absolute atomic E-state index is 0.208. The quantitative estimate of drug-likeness (QED) is 0.311. The number of carboxylic acid groups (broad SMARTS) is 1.